The Bertz CT molecular complexity index is 1160. The van der Waals surface area contributed by atoms with Gasteiger partial charge < -0.3 is 18.9 Å². The maximum atomic E-state index is 12.9. The number of likely N-dealkylation sites (tertiary alicyclic amines) is 1. The molecular formula is C23H29N3O6S. The lowest BCUT2D eigenvalue weighted by atomic mass is 10.1. The van der Waals surface area contributed by atoms with Crippen LogP contribution in [0.4, 0.5) is 0 Å². The number of hydrogen-bond acceptors (Lipinski definition) is 6. The number of rotatable bonds is 5. The Hall–Kier alpha value is -2.69. The van der Waals surface area contributed by atoms with Gasteiger partial charge in [0, 0.05) is 63.4 Å². The minimum Gasteiger partial charge on any atom is -0.490 e. The summed E-state index contributed by atoms with van der Waals surface area (Å²) >= 11 is 0. The van der Waals surface area contributed by atoms with Crippen LogP contribution in [-0.2, 0) is 21.8 Å². The first-order valence-electron chi connectivity index (χ1n) is 11.1. The molecule has 2 aromatic rings. The molecule has 2 saturated heterocycles. The molecule has 0 aliphatic carbocycles. The van der Waals surface area contributed by atoms with E-state index < -0.39 is 10.0 Å². The minimum atomic E-state index is -3.59. The van der Waals surface area contributed by atoms with E-state index in [1.54, 1.807) is 28.6 Å². The fraction of sp³-hybridized carbons (Fsp3) is 0.478. The predicted octanol–water partition coefficient (Wildman–Crippen LogP) is 1.40. The Morgan fingerprint density at radius 3 is 2.27 bits per heavy atom. The highest BCUT2D eigenvalue weighted by Gasteiger charge is 2.28. The number of carbonyl (C=O) groups is 1. The van der Waals surface area contributed by atoms with E-state index in [0.29, 0.717) is 63.5 Å². The summed E-state index contributed by atoms with van der Waals surface area (Å²) in [5.41, 5.74) is 1.17. The molecule has 0 N–H and O–H groups in total. The number of morpholine rings is 1. The van der Waals surface area contributed by atoms with Crippen LogP contribution >= 0.6 is 0 Å². The Morgan fingerprint density at radius 1 is 1.03 bits per heavy atom. The number of aromatic nitrogens is 1. The van der Waals surface area contributed by atoms with E-state index in [2.05, 4.69) is 0 Å². The molecule has 1 aromatic heterocycles. The van der Waals surface area contributed by atoms with Crippen molar-refractivity contribution in [1.29, 1.82) is 0 Å². The highest BCUT2D eigenvalue weighted by Crippen LogP contribution is 2.22. The molecule has 0 saturated carbocycles. The average Bonchev–Trinajstić information content (AvgIpc) is 2.83. The number of hydrogen-bond donors (Lipinski definition) is 0. The van der Waals surface area contributed by atoms with Gasteiger partial charge in [0.2, 0.25) is 10.0 Å². The zero-order valence-electron chi connectivity index (χ0n) is 18.9. The third-order valence-electron chi connectivity index (χ3n) is 6.22. The molecule has 0 bridgehead atoms. The van der Waals surface area contributed by atoms with Gasteiger partial charge in [-0.25, -0.2) is 8.42 Å². The third-order valence-corrected chi connectivity index (χ3v) is 8.13. The number of pyridine rings is 1. The van der Waals surface area contributed by atoms with Crippen molar-refractivity contribution in [3.05, 3.63) is 58.0 Å². The number of sulfonamides is 1. The Morgan fingerprint density at radius 2 is 1.67 bits per heavy atom. The second-order valence-corrected chi connectivity index (χ2v) is 10.3. The molecule has 1 amide bonds. The second kappa shape index (κ2) is 9.66. The number of amides is 1. The molecule has 1 aromatic carbocycles. The van der Waals surface area contributed by atoms with E-state index in [1.165, 1.54) is 22.5 Å². The first kappa shape index (κ1) is 23.5. The van der Waals surface area contributed by atoms with Crippen LogP contribution in [-0.4, -0.2) is 73.6 Å². The zero-order valence-corrected chi connectivity index (χ0v) is 19.7. The number of nitrogens with zero attached hydrogens (tertiary/aromatic N) is 3. The normalized spacial score (nSPS) is 18.3. The Kier molecular flexibility index (Phi) is 6.87. The van der Waals surface area contributed by atoms with Gasteiger partial charge in [-0.05, 0) is 37.3 Å². The highest BCUT2D eigenvalue weighted by atomic mass is 32.2. The maximum absolute atomic E-state index is 12.9. The maximum Gasteiger partial charge on any atom is 0.254 e. The average molecular weight is 476 g/mol. The van der Waals surface area contributed by atoms with Crippen LogP contribution in [0, 0.1) is 6.92 Å². The molecule has 0 atom stereocenters. The Labute approximate surface area is 193 Å². The van der Waals surface area contributed by atoms with Crippen molar-refractivity contribution >= 4 is 15.9 Å². The minimum absolute atomic E-state index is 0.0680. The lowest BCUT2D eigenvalue weighted by molar-refractivity contribution is 0.0595. The quantitative estimate of drug-likeness (QED) is 0.648. The summed E-state index contributed by atoms with van der Waals surface area (Å²) in [6, 6.07) is 9.45. The Balaban J connectivity index is 1.35. The summed E-state index contributed by atoms with van der Waals surface area (Å²) in [5, 5.41) is 0. The number of benzene rings is 1. The van der Waals surface area contributed by atoms with Gasteiger partial charge in [-0.1, -0.05) is 0 Å². The standard InChI is InChI=1S/C23H29N3O6S/c1-17-15-20(16-22(27)24(17)2)32-19-7-9-25(10-8-19)23(28)18-3-5-21(6-4-18)33(29,30)26-11-13-31-14-12-26/h3-6,15-16,19H,7-14H2,1-2H3. The zero-order chi connectivity index (χ0) is 23.6. The molecule has 2 fully saturated rings. The number of aryl methyl sites for hydroxylation is 1. The van der Waals surface area contributed by atoms with E-state index in [1.807, 2.05) is 13.0 Å². The summed E-state index contributed by atoms with van der Waals surface area (Å²) < 4.78 is 39.7. The van der Waals surface area contributed by atoms with Crippen molar-refractivity contribution in [2.75, 3.05) is 39.4 Å². The van der Waals surface area contributed by atoms with Crippen LogP contribution in [0.25, 0.3) is 0 Å². The van der Waals surface area contributed by atoms with E-state index in [0.717, 1.165) is 5.69 Å². The van der Waals surface area contributed by atoms with Gasteiger partial charge in [-0.15, -0.1) is 0 Å². The number of ether oxygens (including phenoxy) is 2. The van der Waals surface area contributed by atoms with Crippen LogP contribution in [0.1, 0.15) is 28.9 Å². The van der Waals surface area contributed by atoms with E-state index in [4.69, 9.17) is 9.47 Å². The lowest BCUT2D eigenvalue weighted by Crippen LogP contribution is -2.42. The molecule has 0 spiro atoms. The van der Waals surface area contributed by atoms with Crippen LogP contribution in [0.2, 0.25) is 0 Å². The molecule has 178 valence electrons. The molecule has 3 heterocycles. The van der Waals surface area contributed by atoms with Crippen molar-refractivity contribution in [2.45, 2.75) is 30.8 Å². The van der Waals surface area contributed by atoms with Crippen molar-refractivity contribution in [2.24, 2.45) is 7.05 Å². The highest BCUT2D eigenvalue weighted by molar-refractivity contribution is 7.89. The fourth-order valence-electron chi connectivity index (χ4n) is 4.06. The molecule has 2 aliphatic rings. The molecule has 0 radical (unpaired) electrons. The molecular weight excluding hydrogens is 446 g/mol. The van der Waals surface area contributed by atoms with E-state index in [9.17, 15) is 18.0 Å². The van der Waals surface area contributed by atoms with Crippen molar-refractivity contribution in [3.63, 3.8) is 0 Å². The predicted molar refractivity (Wildman–Crippen MR) is 122 cm³/mol. The smallest absolute Gasteiger partial charge is 0.254 e. The van der Waals surface area contributed by atoms with E-state index in [-0.39, 0.29) is 22.5 Å². The lowest BCUT2D eigenvalue weighted by Gasteiger charge is -2.32. The first-order chi connectivity index (χ1) is 15.8. The molecule has 10 heteroatoms. The van der Waals surface area contributed by atoms with Crippen molar-refractivity contribution in [1.82, 2.24) is 13.8 Å². The van der Waals surface area contributed by atoms with E-state index >= 15 is 0 Å². The second-order valence-electron chi connectivity index (χ2n) is 8.38. The fourth-order valence-corrected chi connectivity index (χ4v) is 5.47. The van der Waals surface area contributed by atoms with Crippen LogP contribution in [0.5, 0.6) is 5.75 Å². The first-order valence-corrected chi connectivity index (χ1v) is 12.5. The number of carbonyl (C=O) groups excluding carboxylic acids is 1. The molecule has 9 nitrogen and oxygen atoms in total. The molecule has 0 unspecified atom stereocenters. The van der Waals surface area contributed by atoms with Gasteiger partial charge in [0.15, 0.2) is 0 Å². The molecule has 4 rings (SSSR count). The summed E-state index contributed by atoms with van der Waals surface area (Å²) in [6.45, 7) is 4.34. The topological polar surface area (TPSA) is 98.2 Å². The molecule has 2 aliphatic heterocycles. The van der Waals surface area contributed by atoms with Gasteiger partial charge in [0.1, 0.15) is 11.9 Å². The van der Waals surface area contributed by atoms with Gasteiger partial charge in [-0.3, -0.25) is 9.59 Å². The summed E-state index contributed by atoms with van der Waals surface area (Å²) in [6.07, 6.45) is 1.24. The van der Waals surface area contributed by atoms with Gasteiger partial charge in [0.25, 0.3) is 11.5 Å². The van der Waals surface area contributed by atoms with Gasteiger partial charge in [0.05, 0.1) is 18.1 Å². The SMILES string of the molecule is Cc1cc(OC2CCN(C(=O)c3ccc(S(=O)(=O)N4CCOCC4)cc3)CC2)cc(=O)n1C. The van der Waals surface area contributed by atoms with Crippen molar-refractivity contribution < 1.29 is 22.7 Å². The van der Waals surface area contributed by atoms with Crippen LogP contribution < -0.4 is 10.3 Å². The van der Waals surface area contributed by atoms with Gasteiger partial charge in [-0.2, -0.15) is 4.31 Å². The van der Waals surface area contributed by atoms with Gasteiger partial charge >= 0.3 is 0 Å². The summed E-state index contributed by atoms with van der Waals surface area (Å²) in [4.78, 5) is 26.8. The van der Waals surface area contributed by atoms with Crippen molar-refractivity contribution in [3.8, 4) is 5.75 Å². The van der Waals surface area contributed by atoms with Crippen LogP contribution in [0.3, 0.4) is 0 Å². The number of piperidine rings is 1. The van der Waals surface area contributed by atoms with Crippen LogP contribution in [0.15, 0.2) is 46.1 Å². The summed E-state index contributed by atoms with van der Waals surface area (Å²) in [7, 11) is -1.87. The third kappa shape index (κ3) is 5.13. The summed E-state index contributed by atoms with van der Waals surface area (Å²) in [5.74, 6) is 0.422. The monoisotopic (exact) mass is 475 g/mol. The molecule has 33 heavy (non-hydrogen) atoms. The largest absolute Gasteiger partial charge is 0.490 e.